The molecule has 0 aliphatic carbocycles. The van der Waals surface area contributed by atoms with Gasteiger partial charge in [0.15, 0.2) is 0 Å². The number of nitrogens with one attached hydrogen (secondary N) is 1. The van der Waals surface area contributed by atoms with Crippen molar-refractivity contribution < 1.29 is 0 Å². The van der Waals surface area contributed by atoms with E-state index in [1.54, 1.807) is 0 Å². The van der Waals surface area contributed by atoms with Gasteiger partial charge < -0.3 is 10.2 Å². The molecule has 3 heteroatoms. The molecule has 1 aliphatic heterocycles. The van der Waals surface area contributed by atoms with E-state index in [9.17, 15) is 0 Å². The highest BCUT2D eigenvalue weighted by Gasteiger charge is 2.21. The second-order valence-electron chi connectivity index (χ2n) is 4.54. The first-order valence-corrected chi connectivity index (χ1v) is 6.24. The summed E-state index contributed by atoms with van der Waals surface area (Å²) in [4.78, 5) is 2.42. The number of anilines is 1. The van der Waals surface area contributed by atoms with Crippen molar-refractivity contribution in [3.8, 4) is 6.07 Å². The van der Waals surface area contributed by atoms with Crippen molar-refractivity contribution in [1.82, 2.24) is 5.32 Å². The van der Waals surface area contributed by atoms with Gasteiger partial charge in [-0.05, 0) is 50.6 Å². The molecule has 1 unspecified atom stereocenters. The van der Waals surface area contributed by atoms with Crippen molar-refractivity contribution in [2.75, 3.05) is 24.5 Å². The smallest absolute Gasteiger partial charge is 0.0994 e. The van der Waals surface area contributed by atoms with Gasteiger partial charge in [-0.25, -0.2) is 0 Å². The topological polar surface area (TPSA) is 39.1 Å². The van der Waals surface area contributed by atoms with Gasteiger partial charge in [0, 0.05) is 24.8 Å². The van der Waals surface area contributed by atoms with Gasteiger partial charge in [0.1, 0.15) is 0 Å². The second-order valence-corrected chi connectivity index (χ2v) is 4.54. The number of nitriles is 1. The highest BCUT2D eigenvalue weighted by Crippen LogP contribution is 2.22. The summed E-state index contributed by atoms with van der Waals surface area (Å²) in [5.74, 6) is 0. The van der Waals surface area contributed by atoms with Crippen LogP contribution in [0.2, 0.25) is 0 Å². The highest BCUT2D eigenvalue weighted by atomic mass is 15.2. The summed E-state index contributed by atoms with van der Waals surface area (Å²) >= 11 is 0. The van der Waals surface area contributed by atoms with Gasteiger partial charge in [0.05, 0.1) is 11.6 Å². The third-order valence-corrected chi connectivity index (χ3v) is 3.48. The third kappa shape index (κ3) is 2.42. The number of nitrogens with zero attached hydrogens (tertiary/aromatic N) is 2. The molecule has 1 N–H and O–H groups in total. The van der Waals surface area contributed by atoms with E-state index in [2.05, 4.69) is 35.3 Å². The van der Waals surface area contributed by atoms with E-state index in [0.717, 1.165) is 30.8 Å². The first kappa shape index (κ1) is 11.9. The molecule has 2 rings (SSSR count). The summed E-state index contributed by atoms with van der Waals surface area (Å²) in [6.07, 6.45) is 1.20. The predicted octanol–water partition coefficient (Wildman–Crippen LogP) is 2.05. The number of aryl methyl sites for hydroxylation is 1. The zero-order valence-corrected chi connectivity index (χ0v) is 10.5. The fourth-order valence-corrected chi connectivity index (χ4v) is 2.51. The second kappa shape index (κ2) is 5.20. The van der Waals surface area contributed by atoms with Crippen molar-refractivity contribution >= 4 is 5.69 Å². The molecule has 1 heterocycles. The van der Waals surface area contributed by atoms with Crippen molar-refractivity contribution in [2.24, 2.45) is 0 Å². The van der Waals surface area contributed by atoms with Gasteiger partial charge >= 0.3 is 0 Å². The zero-order valence-electron chi connectivity index (χ0n) is 10.5. The van der Waals surface area contributed by atoms with Crippen LogP contribution in [0.4, 0.5) is 5.69 Å². The summed E-state index contributed by atoms with van der Waals surface area (Å²) in [6.45, 7) is 7.37. The van der Waals surface area contributed by atoms with Crippen LogP contribution >= 0.6 is 0 Å². The molecule has 3 nitrogen and oxygen atoms in total. The maximum Gasteiger partial charge on any atom is 0.0994 e. The largest absolute Gasteiger partial charge is 0.367 e. The zero-order chi connectivity index (χ0) is 12.3. The molecule has 1 aromatic carbocycles. The van der Waals surface area contributed by atoms with Crippen molar-refractivity contribution in [1.29, 1.82) is 5.26 Å². The Labute approximate surface area is 103 Å². The SMILES string of the molecule is CCN(c1ccc(C#N)c(C)c1)C1CCNC1. The average Bonchev–Trinajstić information content (AvgIpc) is 2.84. The predicted molar refractivity (Wildman–Crippen MR) is 70.2 cm³/mol. The lowest BCUT2D eigenvalue weighted by Crippen LogP contribution is -2.36. The van der Waals surface area contributed by atoms with Gasteiger partial charge in [-0.2, -0.15) is 5.26 Å². The van der Waals surface area contributed by atoms with Gasteiger partial charge in [-0.1, -0.05) is 0 Å². The molecule has 0 amide bonds. The van der Waals surface area contributed by atoms with Crippen LogP contribution in [0.5, 0.6) is 0 Å². The van der Waals surface area contributed by atoms with E-state index in [1.807, 2.05) is 13.0 Å². The summed E-state index contributed by atoms with van der Waals surface area (Å²) in [7, 11) is 0. The molecule has 90 valence electrons. The van der Waals surface area contributed by atoms with E-state index in [1.165, 1.54) is 12.1 Å². The maximum absolute atomic E-state index is 8.94. The molecule has 0 aromatic heterocycles. The Morgan fingerprint density at radius 2 is 2.35 bits per heavy atom. The quantitative estimate of drug-likeness (QED) is 0.862. The number of hydrogen-bond acceptors (Lipinski definition) is 3. The summed E-state index contributed by atoms with van der Waals surface area (Å²) in [5, 5.41) is 12.3. The van der Waals surface area contributed by atoms with Gasteiger partial charge in [0.25, 0.3) is 0 Å². The molecule has 1 saturated heterocycles. The molecule has 0 saturated carbocycles. The van der Waals surface area contributed by atoms with E-state index < -0.39 is 0 Å². The van der Waals surface area contributed by atoms with Crippen LogP contribution in [0.25, 0.3) is 0 Å². The number of likely N-dealkylation sites (N-methyl/N-ethyl adjacent to an activating group) is 1. The summed E-state index contributed by atoms with van der Waals surface area (Å²) in [5.41, 5.74) is 3.07. The molecule has 1 aromatic rings. The molecule has 1 fully saturated rings. The third-order valence-electron chi connectivity index (χ3n) is 3.48. The van der Waals surface area contributed by atoms with E-state index in [4.69, 9.17) is 5.26 Å². The van der Waals surface area contributed by atoms with Crippen LogP contribution in [0.15, 0.2) is 18.2 Å². The van der Waals surface area contributed by atoms with Crippen LogP contribution in [-0.4, -0.2) is 25.7 Å². The first-order valence-electron chi connectivity index (χ1n) is 6.24. The summed E-state index contributed by atoms with van der Waals surface area (Å²) in [6, 6.07) is 8.92. The van der Waals surface area contributed by atoms with Gasteiger partial charge in [-0.3, -0.25) is 0 Å². The van der Waals surface area contributed by atoms with E-state index >= 15 is 0 Å². The molecule has 0 spiro atoms. The Hall–Kier alpha value is -1.53. The molecule has 17 heavy (non-hydrogen) atoms. The minimum atomic E-state index is 0.590. The molecule has 0 bridgehead atoms. The molecule has 0 radical (unpaired) electrons. The van der Waals surface area contributed by atoms with Crippen LogP contribution in [0.1, 0.15) is 24.5 Å². The minimum absolute atomic E-state index is 0.590. The highest BCUT2D eigenvalue weighted by molar-refractivity contribution is 5.54. The molecule has 1 aliphatic rings. The summed E-state index contributed by atoms with van der Waals surface area (Å²) < 4.78 is 0. The minimum Gasteiger partial charge on any atom is -0.367 e. The maximum atomic E-state index is 8.94. The Bertz CT molecular complexity index is 428. The fourth-order valence-electron chi connectivity index (χ4n) is 2.51. The normalized spacial score (nSPS) is 19.0. The Morgan fingerprint density at radius 3 is 2.88 bits per heavy atom. The van der Waals surface area contributed by atoms with Gasteiger partial charge in [-0.15, -0.1) is 0 Å². The Kier molecular flexibility index (Phi) is 3.65. The van der Waals surface area contributed by atoms with Crippen LogP contribution in [-0.2, 0) is 0 Å². The van der Waals surface area contributed by atoms with Crippen LogP contribution in [0, 0.1) is 18.3 Å². The monoisotopic (exact) mass is 229 g/mol. The van der Waals surface area contributed by atoms with Crippen LogP contribution in [0.3, 0.4) is 0 Å². The lowest BCUT2D eigenvalue weighted by molar-refractivity contribution is 0.648. The lowest BCUT2D eigenvalue weighted by Gasteiger charge is -2.29. The molecule has 1 atom stereocenters. The van der Waals surface area contributed by atoms with E-state index in [0.29, 0.717) is 6.04 Å². The lowest BCUT2D eigenvalue weighted by atomic mass is 10.1. The first-order chi connectivity index (χ1) is 8.26. The number of rotatable bonds is 3. The van der Waals surface area contributed by atoms with Crippen molar-refractivity contribution in [2.45, 2.75) is 26.3 Å². The molecular formula is C14H19N3. The number of benzene rings is 1. The Balaban J connectivity index is 2.25. The molecular weight excluding hydrogens is 210 g/mol. The number of hydrogen-bond donors (Lipinski definition) is 1. The standard InChI is InChI=1S/C14H19N3/c1-3-17(14-6-7-16-10-14)13-5-4-12(9-15)11(2)8-13/h4-5,8,14,16H,3,6-7,10H2,1-2H3. The average molecular weight is 229 g/mol. The Morgan fingerprint density at radius 1 is 1.53 bits per heavy atom. The van der Waals surface area contributed by atoms with Crippen molar-refractivity contribution in [3.63, 3.8) is 0 Å². The van der Waals surface area contributed by atoms with Gasteiger partial charge in [0.2, 0.25) is 0 Å². The van der Waals surface area contributed by atoms with E-state index in [-0.39, 0.29) is 0 Å². The van der Waals surface area contributed by atoms with Crippen molar-refractivity contribution in [3.05, 3.63) is 29.3 Å². The van der Waals surface area contributed by atoms with Crippen LogP contribution < -0.4 is 10.2 Å². The fraction of sp³-hybridized carbons (Fsp3) is 0.500.